The topological polar surface area (TPSA) is 66.8 Å². The molecule has 98 valence electrons. The zero-order chi connectivity index (χ0) is 13.7. The molecule has 0 bridgehead atoms. The van der Waals surface area contributed by atoms with Crippen LogP contribution in [-0.2, 0) is 11.2 Å². The van der Waals surface area contributed by atoms with Crippen LogP contribution >= 0.6 is 0 Å². The van der Waals surface area contributed by atoms with E-state index in [-0.39, 0.29) is 11.7 Å². The maximum absolute atomic E-state index is 11.4. The van der Waals surface area contributed by atoms with Crippen molar-refractivity contribution in [1.82, 2.24) is 0 Å². The third kappa shape index (κ3) is 1.64. The number of rotatable bonds is 1. The van der Waals surface area contributed by atoms with Crippen LogP contribution in [0.3, 0.4) is 0 Å². The van der Waals surface area contributed by atoms with Crippen LogP contribution in [0, 0.1) is 19.8 Å². The minimum absolute atomic E-state index is 0.149. The van der Waals surface area contributed by atoms with E-state index in [4.69, 9.17) is 4.74 Å². The normalized spacial score (nSPS) is 26.3. The van der Waals surface area contributed by atoms with Crippen LogP contribution in [0.15, 0.2) is 6.07 Å². The first-order valence-electron chi connectivity index (χ1n) is 6.01. The predicted molar refractivity (Wildman–Crippen MR) is 67.1 cm³/mol. The highest BCUT2D eigenvalue weighted by Gasteiger charge is 2.45. The highest BCUT2D eigenvalue weighted by molar-refractivity contribution is 5.78. The molecule has 4 nitrogen and oxygen atoms in total. The lowest BCUT2D eigenvalue weighted by Gasteiger charge is -2.38. The molecule has 0 radical (unpaired) electrons. The molecule has 0 spiro atoms. The van der Waals surface area contributed by atoms with E-state index in [1.807, 2.05) is 13.8 Å². The van der Waals surface area contributed by atoms with E-state index in [0.29, 0.717) is 12.2 Å². The average Bonchev–Trinajstić information content (AvgIpc) is 2.29. The Bertz CT molecular complexity index is 521. The lowest BCUT2D eigenvalue weighted by Crippen LogP contribution is -2.50. The van der Waals surface area contributed by atoms with E-state index >= 15 is 0 Å². The van der Waals surface area contributed by atoms with Crippen molar-refractivity contribution in [3.8, 4) is 11.5 Å². The highest BCUT2D eigenvalue weighted by Crippen LogP contribution is 2.42. The molecule has 0 fully saturated rings. The first kappa shape index (κ1) is 12.7. The van der Waals surface area contributed by atoms with Crippen LogP contribution in [-0.4, -0.2) is 21.8 Å². The number of fused-ring (bicyclic) bond motifs is 1. The van der Waals surface area contributed by atoms with E-state index in [9.17, 15) is 15.0 Å². The fraction of sp³-hybridized carbons (Fsp3) is 0.500. The molecule has 18 heavy (non-hydrogen) atoms. The Balaban J connectivity index is 2.58. The van der Waals surface area contributed by atoms with Gasteiger partial charge in [0.25, 0.3) is 0 Å². The van der Waals surface area contributed by atoms with Gasteiger partial charge in [0, 0.05) is 5.92 Å². The molecule has 0 aromatic heterocycles. The minimum atomic E-state index is -1.21. The van der Waals surface area contributed by atoms with Gasteiger partial charge in [0.2, 0.25) is 5.60 Å². The number of phenolic OH excluding ortho intramolecular Hbond substituents is 1. The van der Waals surface area contributed by atoms with Crippen LogP contribution in [0.5, 0.6) is 11.5 Å². The molecule has 2 rings (SSSR count). The molecular formula is C14H18O4. The summed E-state index contributed by atoms with van der Waals surface area (Å²) in [5.41, 5.74) is 1.21. The molecule has 0 saturated heterocycles. The van der Waals surface area contributed by atoms with Crippen molar-refractivity contribution in [2.45, 2.75) is 39.7 Å². The molecule has 2 atom stereocenters. The number of carbonyl (C=O) groups is 1. The summed E-state index contributed by atoms with van der Waals surface area (Å²) >= 11 is 0. The maximum Gasteiger partial charge on any atom is 0.348 e. The Morgan fingerprint density at radius 3 is 2.61 bits per heavy atom. The lowest BCUT2D eigenvalue weighted by molar-refractivity contribution is -0.159. The van der Waals surface area contributed by atoms with E-state index in [2.05, 4.69) is 0 Å². The number of carboxylic acids is 1. The summed E-state index contributed by atoms with van der Waals surface area (Å²) in [4.78, 5) is 11.4. The molecule has 1 aliphatic heterocycles. The largest absolute Gasteiger partial charge is 0.508 e. The second-order valence-corrected chi connectivity index (χ2v) is 5.25. The molecule has 2 unspecified atom stereocenters. The van der Waals surface area contributed by atoms with Crippen molar-refractivity contribution in [1.29, 1.82) is 0 Å². The summed E-state index contributed by atoms with van der Waals surface area (Å²) in [7, 11) is 0. The number of phenols is 1. The van der Waals surface area contributed by atoms with Gasteiger partial charge in [0.05, 0.1) is 0 Å². The van der Waals surface area contributed by atoms with Crippen LogP contribution < -0.4 is 4.74 Å². The first-order chi connectivity index (χ1) is 8.27. The molecule has 0 aliphatic carbocycles. The second-order valence-electron chi connectivity index (χ2n) is 5.25. The van der Waals surface area contributed by atoms with Gasteiger partial charge in [-0.15, -0.1) is 0 Å². The Kier molecular flexibility index (Phi) is 2.76. The molecule has 0 amide bonds. The summed E-state index contributed by atoms with van der Waals surface area (Å²) in [6.07, 6.45) is 0.590. The number of aromatic hydroxyl groups is 1. The Morgan fingerprint density at radius 2 is 2.06 bits per heavy atom. The van der Waals surface area contributed by atoms with Crippen molar-refractivity contribution in [3.63, 3.8) is 0 Å². The van der Waals surface area contributed by atoms with Gasteiger partial charge in [-0.2, -0.15) is 0 Å². The van der Waals surface area contributed by atoms with Crippen molar-refractivity contribution < 1.29 is 19.7 Å². The van der Waals surface area contributed by atoms with Crippen molar-refractivity contribution in [2.24, 2.45) is 5.92 Å². The molecule has 1 heterocycles. The van der Waals surface area contributed by atoms with Crippen LogP contribution in [0.2, 0.25) is 0 Å². The monoisotopic (exact) mass is 250 g/mol. The maximum atomic E-state index is 11.4. The van der Waals surface area contributed by atoms with Gasteiger partial charge >= 0.3 is 5.97 Å². The number of aliphatic carboxylic acids is 1. The minimum Gasteiger partial charge on any atom is -0.508 e. The van der Waals surface area contributed by atoms with Gasteiger partial charge in [-0.1, -0.05) is 6.92 Å². The number of hydrogen-bond acceptors (Lipinski definition) is 3. The van der Waals surface area contributed by atoms with E-state index in [1.54, 1.807) is 19.9 Å². The van der Waals surface area contributed by atoms with E-state index in [1.165, 1.54) is 0 Å². The van der Waals surface area contributed by atoms with Crippen molar-refractivity contribution in [3.05, 3.63) is 22.8 Å². The van der Waals surface area contributed by atoms with Gasteiger partial charge in [-0.3, -0.25) is 0 Å². The van der Waals surface area contributed by atoms with Crippen LogP contribution in [0.1, 0.15) is 30.5 Å². The third-order valence-corrected chi connectivity index (χ3v) is 4.10. The van der Waals surface area contributed by atoms with Gasteiger partial charge < -0.3 is 14.9 Å². The zero-order valence-corrected chi connectivity index (χ0v) is 11.1. The van der Waals surface area contributed by atoms with Crippen molar-refractivity contribution in [2.75, 3.05) is 0 Å². The van der Waals surface area contributed by atoms with Gasteiger partial charge in [-0.25, -0.2) is 4.79 Å². The molecule has 1 aromatic rings. The standard InChI is InChI=1S/C14H18O4/c1-7-5-10-6-11(15)8(2)9(3)12(10)18-14(7,4)13(16)17/h6-7,15H,5H2,1-4H3,(H,16,17). The molecular weight excluding hydrogens is 232 g/mol. The Labute approximate surface area is 106 Å². The molecule has 1 aromatic carbocycles. The molecule has 1 aliphatic rings. The Hall–Kier alpha value is -1.71. The number of benzene rings is 1. The fourth-order valence-electron chi connectivity index (χ4n) is 2.33. The first-order valence-corrected chi connectivity index (χ1v) is 6.01. The summed E-state index contributed by atoms with van der Waals surface area (Å²) in [6, 6.07) is 1.68. The summed E-state index contributed by atoms with van der Waals surface area (Å²) in [6.45, 7) is 7.09. The highest BCUT2D eigenvalue weighted by atomic mass is 16.5. The fourth-order valence-corrected chi connectivity index (χ4v) is 2.33. The number of hydrogen-bond donors (Lipinski definition) is 2. The summed E-state index contributed by atoms with van der Waals surface area (Å²) < 4.78 is 5.75. The van der Waals surface area contributed by atoms with Crippen LogP contribution in [0.25, 0.3) is 0 Å². The third-order valence-electron chi connectivity index (χ3n) is 4.10. The Morgan fingerprint density at radius 1 is 1.44 bits per heavy atom. The van der Waals surface area contributed by atoms with E-state index in [0.717, 1.165) is 16.7 Å². The summed E-state index contributed by atoms with van der Waals surface area (Å²) in [5.74, 6) is -0.260. The SMILES string of the molecule is Cc1c(O)cc2c(c1C)OC(C)(C(=O)O)C(C)C2. The molecule has 0 saturated carbocycles. The van der Waals surface area contributed by atoms with E-state index < -0.39 is 11.6 Å². The quantitative estimate of drug-likeness (QED) is 0.803. The number of carboxylic acid groups (broad SMARTS) is 1. The molecule has 4 heteroatoms. The van der Waals surface area contributed by atoms with Gasteiger partial charge in [-0.05, 0) is 49.9 Å². The molecule has 2 N–H and O–H groups in total. The average molecular weight is 250 g/mol. The van der Waals surface area contributed by atoms with Gasteiger partial charge in [0.15, 0.2) is 0 Å². The smallest absolute Gasteiger partial charge is 0.348 e. The van der Waals surface area contributed by atoms with Crippen LogP contribution in [0.4, 0.5) is 0 Å². The lowest BCUT2D eigenvalue weighted by atomic mass is 9.81. The predicted octanol–water partition coefficient (Wildman–Crippen LogP) is 2.42. The zero-order valence-electron chi connectivity index (χ0n) is 11.1. The van der Waals surface area contributed by atoms with Gasteiger partial charge in [0.1, 0.15) is 11.5 Å². The second kappa shape index (κ2) is 3.90. The number of ether oxygens (including phenoxy) is 1. The van der Waals surface area contributed by atoms with Crippen molar-refractivity contribution >= 4 is 5.97 Å². The summed E-state index contributed by atoms with van der Waals surface area (Å²) in [5, 5.41) is 19.1.